The number of nitrogens with one attached hydrogen (secondary N) is 1. The number of methoxy groups -OCH3 is 2. The first-order chi connectivity index (χ1) is 11.4. The molecule has 1 amide bonds. The molecule has 0 bridgehead atoms. The van der Waals surface area contributed by atoms with Gasteiger partial charge in [0.1, 0.15) is 11.6 Å². The van der Waals surface area contributed by atoms with Crippen molar-refractivity contribution in [3.63, 3.8) is 0 Å². The fourth-order valence-corrected chi connectivity index (χ4v) is 2.14. The van der Waals surface area contributed by atoms with Gasteiger partial charge in [-0.3, -0.25) is 4.79 Å². The summed E-state index contributed by atoms with van der Waals surface area (Å²) < 4.78 is 28.9. The summed E-state index contributed by atoms with van der Waals surface area (Å²) in [4.78, 5) is 12.2. The van der Waals surface area contributed by atoms with Gasteiger partial charge in [0.05, 0.1) is 19.2 Å². The zero-order valence-corrected chi connectivity index (χ0v) is 14.2. The van der Waals surface area contributed by atoms with Crippen LogP contribution in [0.25, 0.3) is 0 Å². The Morgan fingerprint density at radius 2 is 1.83 bits per heavy atom. The van der Waals surface area contributed by atoms with E-state index < -0.39 is 11.9 Å². The van der Waals surface area contributed by atoms with Crippen molar-refractivity contribution in [3.8, 4) is 17.2 Å². The molecule has 1 atom stereocenters. The van der Waals surface area contributed by atoms with Gasteiger partial charge in [-0.25, -0.2) is 4.39 Å². The highest BCUT2D eigenvalue weighted by Gasteiger charge is 2.16. The molecule has 0 aliphatic carbocycles. The quantitative estimate of drug-likeness (QED) is 0.855. The molecule has 2 aromatic carbocycles. The highest BCUT2D eigenvalue weighted by molar-refractivity contribution is 6.30. The Kier molecular flexibility index (Phi) is 5.87. The van der Waals surface area contributed by atoms with Gasteiger partial charge in [0.2, 0.25) is 0 Å². The van der Waals surface area contributed by atoms with Gasteiger partial charge < -0.3 is 19.5 Å². The van der Waals surface area contributed by atoms with Gasteiger partial charge >= 0.3 is 0 Å². The molecule has 0 radical (unpaired) electrons. The molecule has 24 heavy (non-hydrogen) atoms. The molecule has 7 heteroatoms. The monoisotopic (exact) mass is 353 g/mol. The van der Waals surface area contributed by atoms with Gasteiger partial charge in [0, 0.05) is 17.8 Å². The lowest BCUT2D eigenvalue weighted by atomic mass is 10.2. The minimum absolute atomic E-state index is 0.0694. The van der Waals surface area contributed by atoms with Crippen molar-refractivity contribution < 1.29 is 23.4 Å². The van der Waals surface area contributed by atoms with Crippen molar-refractivity contribution in [1.82, 2.24) is 0 Å². The van der Waals surface area contributed by atoms with E-state index >= 15 is 0 Å². The molecule has 0 fully saturated rings. The predicted molar refractivity (Wildman–Crippen MR) is 89.7 cm³/mol. The molecule has 0 aromatic heterocycles. The van der Waals surface area contributed by atoms with Gasteiger partial charge in [-0.15, -0.1) is 0 Å². The maximum atomic E-state index is 13.1. The lowest BCUT2D eigenvalue weighted by Gasteiger charge is -2.16. The van der Waals surface area contributed by atoms with Gasteiger partial charge in [-0.1, -0.05) is 11.6 Å². The van der Waals surface area contributed by atoms with Crippen molar-refractivity contribution in [2.24, 2.45) is 0 Å². The number of benzene rings is 2. The van der Waals surface area contributed by atoms with E-state index in [4.69, 9.17) is 25.8 Å². The third kappa shape index (κ3) is 4.29. The van der Waals surface area contributed by atoms with Crippen LogP contribution in [0.15, 0.2) is 36.4 Å². The van der Waals surface area contributed by atoms with Crippen LogP contribution in [0.4, 0.5) is 10.1 Å². The van der Waals surface area contributed by atoms with Crippen LogP contribution in [0.1, 0.15) is 6.92 Å². The van der Waals surface area contributed by atoms with Crippen molar-refractivity contribution in [1.29, 1.82) is 0 Å². The number of rotatable bonds is 6. The largest absolute Gasteiger partial charge is 0.493 e. The lowest BCUT2D eigenvalue weighted by molar-refractivity contribution is -0.122. The fourth-order valence-electron chi connectivity index (χ4n) is 1.97. The number of hydrogen-bond donors (Lipinski definition) is 1. The molecular weight excluding hydrogens is 337 g/mol. The number of hydrogen-bond acceptors (Lipinski definition) is 4. The lowest BCUT2D eigenvalue weighted by Crippen LogP contribution is -2.30. The van der Waals surface area contributed by atoms with Gasteiger partial charge in [0.15, 0.2) is 17.6 Å². The third-order valence-corrected chi connectivity index (χ3v) is 3.51. The first-order valence-corrected chi connectivity index (χ1v) is 7.47. The molecule has 0 saturated carbocycles. The highest BCUT2D eigenvalue weighted by Crippen LogP contribution is 2.30. The molecular formula is C17H17ClFNO4. The molecule has 0 spiro atoms. The van der Waals surface area contributed by atoms with Crippen molar-refractivity contribution in [2.75, 3.05) is 19.5 Å². The second-order valence-corrected chi connectivity index (χ2v) is 5.30. The predicted octanol–water partition coefficient (Wildman–Crippen LogP) is 3.90. The van der Waals surface area contributed by atoms with E-state index in [-0.39, 0.29) is 10.9 Å². The number of carbonyl (C=O) groups excluding carboxylic acids is 1. The number of ether oxygens (including phenoxy) is 3. The summed E-state index contributed by atoms with van der Waals surface area (Å²) in [5, 5.41) is 2.64. The van der Waals surface area contributed by atoms with Crippen molar-refractivity contribution >= 4 is 23.2 Å². The second kappa shape index (κ2) is 7.88. The van der Waals surface area contributed by atoms with Gasteiger partial charge in [0.25, 0.3) is 5.91 Å². The Hall–Kier alpha value is -2.47. The number of anilines is 1. The SMILES string of the molecule is COc1ccc(NC(=O)C(C)Oc2ccc(F)c(Cl)c2)cc1OC. The molecule has 0 aliphatic heterocycles. The van der Waals surface area contributed by atoms with Crippen LogP contribution in [0.3, 0.4) is 0 Å². The summed E-state index contributed by atoms with van der Waals surface area (Å²) in [6, 6.07) is 8.90. The zero-order valence-electron chi connectivity index (χ0n) is 13.4. The Bertz CT molecular complexity index is 739. The molecule has 1 N–H and O–H groups in total. The van der Waals surface area contributed by atoms with Crippen LogP contribution >= 0.6 is 11.6 Å². The average Bonchev–Trinajstić information content (AvgIpc) is 2.57. The number of amides is 1. The minimum atomic E-state index is -0.806. The Morgan fingerprint density at radius 1 is 1.12 bits per heavy atom. The smallest absolute Gasteiger partial charge is 0.265 e. The molecule has 2 aromatic rings. The van der Waals surface area contributed by atoms with Crippen molar-refractivity contribution in [3.05, 3.63) is 47.2 Å². The summed E-state index contributed by atoms with van der Waals surface area (Å²) in [6.45, 7) is 1.58. The van der Waals surface area contributed by atoms with E-state index in [0.29, 0.717) is 22.9 Å². The number of carbonyl (C=O) groups is 1. The first kappa shape index (κ1) is 17.9. The minimum Gasteiger partial charge on any atom is -0.493 e. The van der Waals surface area contributed by atoms with Crippen LogP contribution in [-0.2, 0) is 4.79 Å². The van der Waals surface area contributed by atoms with Crippen LogP contribution in [-0.4, -0.2) is 26.2 Å². The zero-order chi connectivity index (χ0) is 17.7. The Morgan fingerprint density at radius 3 is 2.46 bits per heavy atom. The van der Waals surface area contributed by atoms with Crippen LogP contribution in [0.5, 0.6) is 17.2 Å². The van der Waals surface area contributed by atoms with Crippen molar-refractivity contribution in [2.45, 2.75) is 13.0 Å². The number of halogens is 2. The van der Waals surface area contributed by atoms with Gasteiger partial charge in [-0.05, 0) is 31.2 Å². The second-order valence-electron chi connectivity index (χ2n) is 4.90. The van der Waals surface area contributed by atoms with Crippen LogP contribution < -0.4 is 19.5 Å². The van der Waals surface area contributed by atoms with E-state index in [0.717, 1.165) is 0 Å². The highest BCUT2D eigenvalue weighted by atomic mass is 35.5. The van der Waals surface area contributed by atoms with Crippen LogP contribution in [0, 0.1) is 5.82 Å². The summed E-state index contributed by atoms with van der Waals surface area (Å²) in [6.07, 6.45) is -0.806. The van der Waals surface area contributed by atoms with E-state index in [1.54, 1.807) is 25.1 Å². The van der Waals surface area contributed by atoms with E-state index in [9.17, 15) is 9.18 Å². The summed E-state index contributed by atoms with van der Waals surface area (Å²) >= 11 is 5.69. The third-order valence-electron chi connectivity index (χ3n) is 3.22. The summed E-state index contributed by atoms with van der Waals surface area (Å²) in [5.74, 6) is 0.431. The topological polar surface area (TPSA) is 56.8 Å². The Balaban J connectivity index is 2.04. The summed E-state index contributed by atoms with van der Waals surface area (Å²) in [7, 11) is 3.04. The average molecular weight is 354 g/mol. The molecule has 0 aliphatic rings. The Labute approximate surface area is 144 Å². The molecule has 0 heterocycles. The molecule has 1 unspecified atom stereocenters. The van der Waals surface area contributed by atoms with Gasteiger partial charge in [-0.2, -0.15) is 0 Å². The maximum absolute atomic E-state index is 13.1. The summed E-state index contributed by atoms with van der Waals surface area (Å²) in [5.41, 5.74) is 0.533. The normalized spacial score (nSPS) is 11.5. The maximum Gasteiger partial charge on any atom is 0.265 e. The molecule has 2 rings (SSSR count). The van der Waals surface area contributed by atoms with E-state index in [1.165, 1.54) is 32.4 Å². The first-order valence-electron chi connectivity index (χ1n) is 7.09. The standard InChI is InChI=1S/C17H17ClFNO4/c1-10(24-12-5-6-14(19)13(18)9-12)17(21)20-11-4-7-15(22-2)16(8-11)23-3/h4-10H,1-3H3,(H,20,21). The van der Waals surface area contributed by atoms with Crippen LogP contribution in [0.2, 0.25) is 5.02 Å². The molecule has 0 saturated heterocycles. The molecule has 5 nitrogen and oxygen atoms in total. The fraction of sp³-hybridized carbons (Fsp3) is 0.235. The van der Waals surface area contributed by atoms with E-state index in [1.807, 2.05) is 0 Å². The van der Waals surface area contributed by atoms with E-state index in [2.05, 4.69) is 5.32 Å². The molecule has 128 valence electrons.